The fourth-order valence-corrected chi connectivity index (χ4v) is 1.25. The van der Waals surface area contributed by atoms with Gasteiger partial charge in [0.15, 0.2) is 0 Å². The molecule has 2 N–H and O–H groups in total. The minimum atomic E-state index is 0.371. The summed E-state index contributed by atoms with van der Waals surface area (Å²) in [6, 6.07) is 0.371. The highest BCUT2D eigenvalue weighted by Crippen LogP contribution is 2.06. The lowest BCUT2D eigenvalue weighted by molar-refractivity contribution is 0.553. The van der Waals surface area contributed by atoms with Crippen LogP contribution < -0.4 is 5.73 Å². The van der Waals surface area contributed by atoms with Crippen molar-refractivity contribution >= 4 is 0 Å². The van der Waals surface area contributed by atoms with Gasteiger partial charge in [-0.15, -0.1) is 6.58 Å². The summed E-state index contributed by atoms with van der Waals surface area (Å²) in [6.45, 7) is 7.95. The molecule has 0 aromatic rings. The first kappa shape index (κ1) is 12.4. The zero-order chi connectivity index (χ0) is 10.1. The van der Waals surface area contributed by atoms with Crippen molar-refractivity contribution in [3.8, 4) is 0 Å². The standard InChI is InChI=1S/C12H23N/c1-4-5-6-9-12(13)10-7-8-11(2)3/h4,8,12H,1,5-7,9-10,13H2,2-3H3. The number of hydrogen-bond acceptors (Lipinski definition) is 1. The van der Waals surface area contributed by atoms with Crippen LogP contribution >= 0.6 is 0 Å². The maximum absolute atomic E-state index is 5.94. The largest absolute Gasteiger partial charge is 0.328 e. The van der Waals surface area contributed by atoms with Gasteiger partial charge in [0.25, 0.3) is 0 Å². The van der Waals surface area contributed by atoms with Gasteiger partial charge < -0.3 is 5.73 Å². The van der Waals surface area contributed by atoms with Gasteiger partial charge in [-0.3, -0.25) is 0 Å². The molecule has 0 radical (unpaired) electrons. The SMILES string of the molecule is C=CCCCC(N)CCC=C(C)C. The van der Waals surface area contributed by atoms with E-state index in [1.54, 1.807) is 0 Å². The van der Waals surface area contributed by atoms with Crippen LogP contribution in [0.25, 0.3) is 0 Å². The smallest absolute Gasteiger partial charge is 0.00418 e. The summed E-state index contributed by atoms with van der Waals surface area (Å²) in [4.78, 5) is 0. The molecule has 1 heteroatoms. The van der Waals surface area contributed by atoms with Crippen molar-refractivity contribution in [2.75, 3.05) is 0 Å². The third-order valence-electron chi connectivity index (χ3n) is 2.07. The van der Waals surface area contributed by atoms with E-state index in [0.717, 1.165) is 25.7 Å². The van der Waals surface area contributed by atoms with Gasteiger partial charge in [-0.25, -0.2) is 0 Å². The summed E-state index contributed by atoms with van der Waals surface area (Å²) in [5.74, 6) is 0. The lowest BCUT2D eigenvalue weighted by Crippen LogP contribution is -2.19. The number of allylic oxidation sites excluding steroid dienone is 3. The fourth-order valence-electron chi connectivity index (χ4n) is 1.25. The van der Waals surface area contributed by atoms with Gasteiger partial charge in [-0.1, -0.05) is 17.7 Å². The van der Waals surface area contributed by atoms with E-state index >= 15 is 0 Å². The summed E-state index contributed by atoms with van der Waals surface area (Å²) < 4.78 is 0. The molecular formula is C12H23N. The highest BCUT2D eigenvalue weighted by Gasteiger charge is 1.99. The third-order valence-corrected chi connectivity index (χ3v) is 2.07. The minimum Gasteiger partial charge on any atom is -0.328 e. The summed E-state index contributed by atoms with van der Waals surface area (Å²) in [5, 5.41) is 0. The second-order valence-corrected chi connectivity index (χ2v) is 3.84. The van der Waals surface area contributed by atoms with Crippen LogP contribution in [0.4, 0.5) is 0 Å². The van der Waals surface area contributed by atoms with Crippen LogP contribution in [0, 0.1) is 0 Å². The van der Waals surface area contributed by atoms with Gasteiger partial charge in [-0.2, -0.15) is 0 Å². The van der Waals surface area contributed by atoms with Gasteiger partial charge in [0, 0.05) is 6.04 Å². The van der Waals surface area contributed by atoms with E-state index in [0.29, 0.717) is 6.04 Å². The Morgan fingerprint density at radius 3 is 2.54 bits per heavy atom. The van der Waals surface area contributed by atoms with Gasteiger partial charge in [0.2, 0.25) is 0 Å². The molecule has 0 fully saturated rings. The molecule has 0 aromatic carbocycles. The summed E-state index contributed by atoms with van der Waals surface area (Å²) in [6.07, 6.45) is 9.86. The molecule has 0 amide bonds. The molecule has 0 heterocycles. The average molecular weight is 181 g/mol. The molecule has 13 heavy (non-hydrogen) atoms. The number of unbranched alkanes of at least 4 members (excludes halogenated alkanes) is 1. The Bertz CT molecular complexity index is 155. The summed E-state index contributed by atoms with van der Waals surface area (Å²) >= 11 is 0. The van der Waals surface area contributed by atoms with Crippen molar-refractivity contribution in [1.82, 2.24) is 0 Å². The van der Waals surface area contributed by atoms with E-state index in [1.807, 2.05) is 6.08 Å². The Morgan fingerprint density at radius 2 is 2.00 bits per heavy atom. The van der Waals surface area contributed by atoms with E-state index in [9.17, 15) is 0 Å². The van der Waals surface area contributed by atoms with Crippen LogP contribution in [0.15, 0.2) is 24.3 Å². The molecule has 0 rings (SSSR count). The molecule has 0 aliphatic rings. The highest BCUT2D eigenvalue weighted by molar-refractivity contribution is 4.93. The normalized spacial score (nSPS) is 12.2. The molecule has 76 valence electrons. The van der Waals surface area contributed by atoms with Crippen LogP contribution in [0.2, 0.25) is 0 Å². The number of rotatable bonds is 7. The zero-order valence-electron chi connectivity index (χ0n) is 9.05. The summed E-state index contributed by atoms with van der Waals surface area (Å²) in [7, 11) is 0. The van der Waals surface area contributed by atoms with Crippen LogP contribution in [0.3, 0.4) is 0 Å². The van der Waals surface area contributed by atoms with Gasteiger partial charge in [0.05, 0.1) is 0 Å². The molecule has 0 saturated carbocycles. The molecule has 0 aliphatic heterocycles. The second kappa shape index (κ2) is 8.06. The molecule has 0 spiro atoms. The van der Waals surface area contributed by atoms with E-state index in [1.165, 1.54) is 12.0 Å². The topological polar surface area (TPSA) is 26.0 Å². The van der Waals surface area contributed by atoms with Gasteiger partial charge >= 0.3 is 0 Å². The first-order valence-corrected chi connectivity index (χ1v) is 5.16. The molecule has 1 nitrogen and oxygen atoms in total. The lowest BCUT2D eigenvalue weighted by atomic mass is 10.0. The molecule has 0 bridgehead atoms. The number of hydrogen-bond donors (Lipinski definition) is 1. The Morgan fingerprint density at radius 1 is 1.31 bits per heavy atom. The van der Waals surface area contributed by atoms with Crippen molar-refractivity contribution in [3.63, 3.8) is 0 Å². The summed E-state index contributed by atoms with van der Waals surface area (Å²) in [5.41, 5.74) is 7.32. The van der Waals surface area contributed by atoms with Crippen LogP contribution in [-0.2, 0) is 0 Å². The van der Waals surface area contributed by atoms with Crippen LogP contribution in [-0.4, -0.2) is 6.04 Å². The highest BCUT2D eigenvalue weighted by atomic mass is 14.6. The molecule has 1 unspecified atom stereocenters. The van der Waals surface area contributed by atoms with E-state index in [2.05, 4.69) is 26.5 Å². The Kier molecular flexibility index (Phi) is 7.71. The molecule has 0 aromatic heterocycles. The number of nitrogens with two attached hydrogens (primary N) is 1. The Hall–Kier alpha value is -0.560. The lowest BCUT2D eigenvalue weighted by Gasteiger charge is -2.08. The van der Waals surface area contributed by atoms with E-state index < -0.39 is 0 Å². The van der Waals surface area contributed by atoms with Gasteiger partial charge in [0.1, 0.15) is 0 Å². The van der Waals surface area contributed by atoms with E-state index in [-0.39, 0.29) is 0 Å². The Labute approximate surface area is 82.7 Å². The molecule has 0 aliphatic carbocycles. The molecular weight excluding hydrogens is 158 g/mol. The van der Waals surface area contributed by atoms with Gasteiger partial charge in [-0.05, 0) is 46.0 Å². The van der Waals surface area contributed by atoms with Crippen molar-refractivity contribution in [3.05, 3.63) is 24.3 Å². The fraction of sp³-hybridized carbons (Fsp3) is 0.667. The third kappa shape index (κ3) is 9.35. The maximum Gasteiger partial charge on any atom is 0.00418 e. The first-order valence-electron chi connectivity index (χ1n) is 5.16. The maximum atomic E-state index is 5.94. The van der Waals surface area contributed by atoms with Crippen molar-refractivity contribution < 1.29 is 0 Å². The minimum absolute atomic E-state index is 0.371. The quantitative estimate of drug-likeness (QED) is 0.472. The monoisotopic (exact) mass is 181 g/mol. The first-order chi connectivity index (χ1) is 6.16. The second-order valence-electron chi connectivity index (χ2n) is 3.84. The van der Waals surface area contributed by atoms with Crippen molar-refractivity contribution in [2.24, 2.45) is 5.73 Å². The predicted octanol–water partition coefficient (Wildman–Crippen LogP) is 3.42. The van der Waals surface area contributed by atoms with E-state index in [4.69, 9.17) is 5.73 Å². The Balaban J connectivity index is 3.34. The van der Waals surface area contributed by atoms with Crippen LogP contribution in [0.5, 0.6) is 0 Å². The van der Waals surface area contributed by atoms with Crippen molar-refractivity contribution in [2.45, 2.75) is 52.0 Å². The average Bonchev–Trinajstić information content (AvgIpc) is 2.04. The zero-order valence-corrected chi connectivity index (χ0v) is 9.05. The van der Waals surface area contributed by atoms with Crippen molar-refractivity contribution in [1.29, 1.82) is 0 Å². The predicted molar refractivity (Wildman–Crippen MR) is 60.7 cm³/mol. The molecule has 0 saturated heterocycles. The van der Waals surface area contributed by atoms with Crippen LogP contribution in [0.1, 0.15) is 46.0 Å². The molecule has 1 atom stereocenters.